The number of aromatic hydroxyl groups is 1. The van der Waals surface area contributed by atoms with Crippen LogP contribution in [0.4, 0.5) is 0 Å². The molecule has 5 rings (SSSR count). The van der Waals surface area contributed by atoms with E-state index < -0.39 is 80.1 Å². The molecule has 0 radical (unpaired) electrons. The summed E-state index contributed by atoms with van der Waals surface area (Å²) in [7, 11) is 3.88. The minimum atomic E-state index is -2.20. The van der Waals surface area contributed by atoms with Gasteiger partial charge in [-0.05, 0) is 24.3 Å². The second kappa shape index (κ2) is 13.9. The van der Waals surface area contributed by atoms with Crippen molar-refractivity contribution in [3.05, 3.63) is 52.4 Å². The SMILES string of the molecule is COc1cc2ccc(=O)oc2cc1O[C@@H]1O[C@H](CO)[C@@H](O)[C@H](O)[C@H]1O[C@@H]1OC[C@@](O)(COC(=O)c2cc(OC)c(O)c(OC)c2)[C@H]1O. The predicted molar refractivity (Wildman–Crippen MR) is 154 cm³/mol. The third-order valence-corrected chi connectivity index (χ3v) is 7.74. The Kier molecular flexibility index (Phi) is 10.1. The number of esters is 1. The molecule has 0 saturated carbocycles. The molecule has 3 heterocycles. The van der Waals surface area contributed by atoms with Crippen LogP contribution < -0.4 is 24.6 Å². The van der Waals surface area contributed by atoms with Crippen molar-refractivity contribution >= 4 is 16.9 Å². The summed E-state index contributed by atoms with van der Waals surface area (Å²) in [6.07, 6.45) is -11.5. The van der Waals surface area contributed by atoms with Crippen molar-refractivity contribution in [2.45, 2.75) is 48.7 Å². The molecule has 1 aromatic heterocycles. The van der Waals surface area contributed by atoms with Gasteiger partial charge in [0.25, 0.3) is 0 Å². The summed E-state index contributed by atoms with van der Waals surface area (Å²) in [5, 5.41) is 64.0. The minimum absolute atomic E-state index is 0.0352. The molecule has 2 aliphatic heterocycles. The summed E-state index contributed by atoms with van der Waals surface area (Å²) < 4.78 is 48.7. The monoisotopic (exact) mass is 666 g/mol. The van der Waals surface area contributed by atoms with Crippen molar-refractivity contribution in [2.24, 2.45) is 0 Å². The van der Waals surface area contributed by atoms with Gasteiger partial charge in [-0.2, -0.15) is 0 Å². The van der Waals surface area contributed by atoms with Gasteiger partial charge in [-0.1, -0.05) is 0 Å². The standard InChI is InChI=1S/C30H34O17/c1-39-16-6-13-4-5-21(32)44-15(13)9-17(16)45-28-25(24(35)23(34)20(10-31)46-28)47-29-26(36)30(38,12-43-29)11-42-27(37)14-7-18(40-2)22(33)19(8-14)41-3/h4-9,20,23-26,28-29,31,33-36,38H,10-12H2,1-3H3/t20-,23-,24+,25-,26+,28-,29+,30+/m1/s1. The molecular weight excluding hydrogens is 632 g/mol. The van der Waals surface area contributed by atoms with Gasteiger partial charge in [-0.15, -0.1) is 0 Å². The molecule has 0 bridgehead atoms. The van der Waals surface area contributed by atoms with E-state index in [4.69, 9.17) is 42.3 Å². The lowest BCUT2D eigenvalue weighted by molar-refractivity contribution is -0.319. The molecule has 0 aliphatic carbocycles. The van der Waals surface area contributed by atoms with Crippen LogP contribution in [-0.2, 0) is 18.9 Å². The summed E-state index contributed by atoms with van der Waals surface area (Å²) in [6.45, 7) is -2.10. The van der Waals surface area contributed by atoms with E-state index in [1.54, 1.807) is 0 Å². The molecular formula is C30H34O17. The number of carbonyl (C=O) groups excluding carboxylic acids is 1. The highest BCUT2D eigenvalue weighted by Gasteiger charge is 2.54. The Labute approximate surface area is 265 Å². The Hall–Kier alpha value is -4.20. The second-order valence-corrected chi connectivity index (χ2v) is 10.8. The zero-order chi connectivity index (χ0) is 34.0. The molecule has 17 nitrogen and oxygen atoms in total. The average Bonchev–Trinajstić information content (AvgIpc) is 3.35. The Balaban J connectivity index is 1.33. The number of methoxy groups -OCH3 is 3. The van der Waals surface area contributed by atoms with Crippen LogP contribution in [0.3, 0.4) is 0 Å². The van der Waals surface area contributed by atoms with Crippen LogP contribution in [0.5, 0.6) is 28.7 Å². The first-order valence-electron chi connectivity index (χ1n) is 14.1. The summed E-state index contributed by atoms with van der Waals surface area (Å²) in [5.74, 6) is -1.33. The number of aliphatic hydroxyl groups is 5. The van der Waals surface area contributed by atoms with Crippen LogP contribution in [0, 0.1) is 0 Å². The van der Waals surface area contributed by atoms with Crippen molar-refractivity contribution < 1.29 is 77.7 Å². The van der Waals surface area contributed by atoms with E-state index in [-0.39, 0.29) is 39.9 Å². The van der Waals surface area contributed by atoms with E-state index in [2.05, 4.69) is 0 Å². The van der Waals surface area contributed by atoms with Gasteiger partial charge in [0, 0.05) is 17.5 Å². The van der Waals surface area contributed by atoms with E-state index in [1.807, 2.05) is 0 Å². The fourth-order valence-corrected chi connectivity index (χ4v) is 5.09. The van der Waals surface area contributed by atoms with Crippen LogP contribution in [0.1, 0.15) is 10.4 Å². The number of fused-ring (bicyclic) bond motifs is 1. The van der Waals surface area contributed by atoms with Crippen LogP contribution >= 0.6 is 0 Å². The topological polar surface area (TPSA) is 242 Å². The minimum Gasteiger partial charge on any atom is -0.502 e. The van der Waals surface area contributed by atoms with Gasteiger partial charge in [0.15, 0.2) is 41.0 Å². The second-order valence-electron chi connectivity index (χ2n) is 10.8. The van der Waals surface area contributed by atoms with Crippen molar-refractivity contribution in [1.29, 1.82) is 0 Å². The van der Waals surface area contributed by atoms with Gasteiger partial charge in [0.2, 0.25) is 12.0 Å². The van der Waals surface area contributed by atoms with Gasteiger partial charge >= 0.3 is 11.6 Å². The first-order valence-corrected chi connectivity index (χ1v) is 14.1. The van der Waals surface area contributed by atoms with E-state index in [9.17, 15) is 40.2 Å². The normalized spacial score (nSPS) is 29.0. The molecule has 3 aromatic rings. The van der Waals surface area contributed by atoms with E-state index in [1.165, 1.54) is 57.7 Å². The van der Waals surface area contributed by atoms with Gasteiger partial charge in [-0.3, -0.25) is 0 Å². The van der Waals surface area contributed by atoms with Crippen molar-refractivity contribution in [1.82, 2.24) is 0 Å². The summed E-state index contributed by atoms with van der Waals surface area (Å²) in [6, 6.07) is 7.94. The third-order valence-electron chi connectivity index (χ3n) is 7.74. The molecule has 0 unspecified atom stereocenters. The van der Waals surface area contributed by atoms with Crippen molar-refractivity contribution in [3.8, 4) is 28.7 Å². The molecule has 8 atom stereocenters. The zero-order valence-corrected chi connectivity index (χ0v) is 25.3. The van der Waals surface area contributed by atoms with Gasteiger partial charge in [-0.25, -0.2) is 9.59 Å². The maximum absolute atomic E-state index is 12.8. The van der Waals surface area contributed by atoms with Crippen molar-refractivity contribution in [3.63, 3.8) is 0 Å². The van der Waals surface area contributed by atoms with E-state index >= 15 is 0 Å². The number of phenols is 1. The van der Waals surface area contributed by atoms with E-state index in [0.29, 0.717) is 5.39 Å². The Morgan fingerprint density at radius 1 is 0.936 bits per heavy atom. The first-order chi connectivity index (χ1) is 22.4. The summed E-state index contributed by atoms with van der Waals surface area (Å²) >= 11 is 0. The highest BCUT2D eigenvalue weighted by atomic mass is 16.8. The third kappa shape index (κ3) is 6.78. The molecule has 47 heavy (non-hydrogen) atoms. The Morgan fingerprint density at radius 2 is 1.62 bits per heavy atom. The van der Waals surface area contributed by atoms with Gasteiger partial charge in [0.1, 0.15) is 36.6 Å². The lowest BCUT2D eigenvalue weighted by Gasteiger charge is -2.42. The fourth-order valence-electron chi connectivity index (χ4n) is 5.09. The smallest absolute Gasteiger partial charge is 0.338 e. The molecule has 6 N–H and O–H groups in total. The maximum Gasteiger partial charge on any atom is 0.338 e. The molecule has 2 fully saturated rings. The predicted octanol–water partition coefficient (Wildman–Crippen LogP) is -0.967. The fraction of sp³-hybridized carbons (Fsp3) is 0.467. The first kappa shape index (κ1) is 34.1. The largest absolute Gasteiger partial charge is 0.502 e. The van der Waals surface area contributed by atoms with Crippen LogP contribution in [0.25, 0.3) is 11.0 Å². The molecule has 256 valence electrons. The number of hydrogen-bond acceptors (Lipinski definition) is 17. The lowest BCUT2D eigenvalue weighted by Crippen LogP contribution is -2.62. The number of rotatable bonds is 11. The Bertz CT molecular complexity index is 1620. The average molecular weight is 667 g/mol. The number of benzene rings is 2. The number of ether oxygens (including phenoxy) is 8. The number of phenolic OH excluding ortho intramolecular Hbond substituents is 1. The summed E-state index contributed by atoms with van der Waals surface area (Å²) in [4.78, 5) is 24.5. The molecule has 0 amide bonds. The lowest BCUT2D eigenvalue weighted by atomic mass is 9.98. The molecule has 17 heteroatoms. The molecule has 2 aliphatic rings. The highest BCUT2D eigenvalue weighted by molar-refractivity contribution is 5.91. The van der Waals surface area contributed by atoms with Gasteiger partial charge < -0.3 is 73.0 Å². The number of hydrogen-bond donors (Lipinski definition) is 6. The maximum atomic E-state index is 12.8. The molecule has 0 spiro atoms. The highest BCUT2D eigenvalue weighted by Crippen LogP contribution is 2.39. The number of carbonyl (C=O) groups is 1. The number of aliphatic hydroxyl groups excluding tert-OH is 4. The van der Waals surface area contributed by atoms with Crippen LogP contribution in [0.2, 0.25) is 0 Å². The molecule has 2 aromatic carbocycles. The summed E-state index contributed by atoms with van der Waals surface area (Å²) in [5.41, 5.74) is -2.80. The zero-order valence-electron chi connectivity index (χ0n) is 25.3. The van der Waals surface area contributed by atoms with Crippen molar-refractivity contribution in [2.75, 3.05) is 41.2 Å². The Morgan fingerprint density at radius 3 is 2.26 bits per heavy atom. The van der Waals surface area contributed by atoms with Gasteiger partial charge in [0.05, 0.1) is 40.1 Å². The quantitative estimate of drug-likeness (QED) is 0.107. The molecule has 2 saturated heterocycles. The van der Waals surface area contributed by atoms with Crippen LogP contribution in [0.15, 0.2) is 45.6 Å². The van der Waals surface area contributed by atoms with Crippen LogP contribution in [-0.4, -0.2) is 126 Å². The van der Waals surface area contributed by atoms with E-state index in [0.717, 1.165) is 0 Å².